The molecule has 2 atom stereocenters. The van der Waals surface area contributed by atoms with Crippen molar-refractivity contribution < 1.29 is 26.5 Å². The van der Waals surface area contributed by atoms with Gasteiger partial charge in [-0.25, -0.2) is 23.4 Å². The first kappa shape index (κ1) is 29.7. The summed E-state index contributed by atoms with van der Waals surface area (Å²) in [6.07, 6.45) is 5.84. The zero-order valence-electron chi connectivity index (χ0n) is 24.6. The summed E-state index contributed by atoms with van der Waals surface area (Å²) in [6.45, 7) is 6.47. The molecule has 1 aromatic carbocycles. The van der Waals surface area contributed by atoms with Crippen LogP contribution in [0, 0.1) is 12.3 Å². The number of alkyl halides is 2. The van der Waals surface area contributed by atoms with Crippen molar-refractivity contribution in [3.05, 3.63) is 36.2 Å². The molecular weight excluding hydrogens is 580 g/mol. The van der Waals surface area contributed by atoms with E-state index < -0.39 is 40.5 Å². The van der Waals surface area contributed by atoms with Gasteiger partial charge in [0.05, 0.1) is 29.9 Å². The van der Waals surface area contributed by atoms with Crippen LogP contribution in [0.4, 0.5) is 20.4 Å². The van der Waals surface area contributed by atoms with E-state index in [9.17, 15) is 17.2 Å². The van der Waals surface area contributed by atoms with Gasteiger partial charge >= 0.3 is 10.1 Å². The lowest BCUT2D eigenvalue weighted by molar-refractivity contribution is -0.0424. The minimum atomic E-state index is -3.95. The first-order valence-corrected chi connectivity index (χ1v) is 16.3. The summed E-state index contributed by atoms with van der Waals surface area (Å²) in [4.78, 5) is 13.4. The standard InChI is InChI=1S/C29H37F2N7O4S/c1-19-14-23(33-27(32-19)38-20(2)16-29(30,31)17-21(38)3)24-18-37(35-34-24)25-5-4-22(42-43(40,41)13-12-39)15-26(25)36-10-8-28(6-7-28)9-11-36/h4-5,14-15,18,20-21,39H,6-13,16-17H2,1-3H3/t20-,21+. The Hall–Kier alpha value is -3.39. The van der Waals surface area contributed by atoms with Crippen molar-refractivity contribution in [1.82, 2.24) is 25.0 Å². The molecule has 0 radical (unpaired) electrons. The van der Waals surface area contributed by atoms with Gasteiger partial charge in [0.25, 0.3) is 5.92 Å². The monoisotopic (exact) mass is 617 g/mol. The summed E-state index contributed by atoms with van der Waals surface area (Å²) in [5.41, 5.74) is 3.60. The van der Waals surface area contributed by atoms with E-state index >= 15 is 0 Å². The van der Waals surface area contributed by atoms with Crippen LogP contribution in [0.1, 0.15) is 58.1 Å². The van der Waals surface area contributed by atoms with Crippen LogP contribution in [0.25, 0.3) is 17.1 Å². The van der Waals surface area contributed by atoms with Crippen LogP contribution in [-0.4, -0.2) is 81.9 Å². The fourth-order valence-electron chi connectivity index (χ4n) is 6.47. The van der Waals surface area contributed by atoms with Gasteiger partial charge in [0.2, 0.25) is 5.95 Å². The number of anilines is 2. The fourth-order valence-corrected chi connectivity index (χ4v) is 7.18. The van der Waals surface area contributed by atoms with E-state index in [0.29, 0.717) is 34.1 Å². The van der Waals surface area contributed by atoms with Crippen LogP contribution in [0.15, 0.2) is 30.5 Å². The van der Waals surface area contributed by atoms with Crippen molar-refractivity contribution in [3.63, 3.8) is 0 Å². The maximum absolute atomic E-state index is 14.2. The molecule has 2 aliphatic heterocycles. The van der Waals surface area contributed by atoms with Gasteiger partial charge < -0.3 is 19.1 Å². The van der Waals surface area contributed by atoms with Gasteiger partial charge in [-0.05, 0) is 70.1 Å². The quantitative estimate of drug-likeness (QED) is 0.369. The van der Waals surface area contributed by atoms with Crippen LogP contribution >= 0.6 is 0 Å². The largest absolute Gasteiger partial charge is 0.395 e. The maximum Gasteiger partial charge on any atom is 0.311 e. The molecule has 4 heterocycles. The molecule has 1 saturated carbocycles. The zero-order valence-corrected chi connectivity index (χ0v) is 25.4. The second kappa shape index (κ2) is 11.0. The molecule has 14 heteroatoms. The van der Waals surface area contributed by atoms with E-state index in [2.05, 4.69) is 20.2 Å². The predicted octanol–water partition coefficient (Wildman–Crippen LogP) is 4.13. The van der Waals surface area contributed by atoms with E-state index in [1.54, 1.807) is 49.0 Å². The van der Waals surface area contributed by atoms with Crippen LogP contribution in [0.3, 0.4) is 0 Å². The number of hydrogen-bond acceptors (Lipinski definition) is 10. The number of halogens is 2. The van der Waals surface area contributed by atoms with Gasteiger partial charge in [-0.1, -0.05) is 5.21 Å². The number of aliphatic hydroxyl groups excluding tert-OH is 1. The zero-order chi connectivity index (χ0) is 30.6. The van der Waals surface area contributed by atoms with Crippen molar-refractivity contribution in [1.29, 1.82) is 0 Å². The Morgan fingerprint density at radius 3 is 2.35 bits per heavy atom. The third-order valence-electron chi connectivity index (χ3n) is 8.85. The van der Waals surface area contributed by atoms with Crippen LogP contribution in [0.2, 0.25) is 0 Å². The van der Waals surface area contributed by atoms with Gasteiger partial charge in [-0.15, -0.1) is 5.10 Å². The number of aliphatic hydroxyl groups is 1. The number of rotatable bonds is 8. The molecular formula is C29H37F2N7O4S. The molecule has 11 nitrogen and oxygen atoms in total. The summed E-state index contributed by atoms with van der Waals surface area (Å²) < 4.78 is 59.8. The van der Waals surface area contributed by atoms with Gasteiger partial charge in [0.1, 0.15) is 17.2 Å². The third-order valence-corrected chi connectivity index (χ3v) is 9.98. The highest BCUT2D eigenvalue weighted by molar-refractivity contribution is 7.87. The van der Waals surface area contributed by atoms with Crippen molar-refractivity contribution in [2.75, 3.05) is 35.2 Å². The molecule has 1 aliphatic carbocycles. The minimum Gasteiger partial charge on any atom is -0.395 e. The molecule has 0 bridgehead atoms. The molecule has 6 rings (SSSR count). The van der Waals surface area contributed by atoms with Gasteiger partial charge in [-0.3, -0.25) is 0 Å². The van der Waals surface area contributed by atoms with Crippen LogP contribution < -0.4 is 14.0 Å². The SMILES string of the molecule is Cc1cc(-c2cn(-c3ccc(OS(=O)(=O)CCO)cc3N3CCC4(CC3)CC4)nn2)nc(N2[C@H](C)CC(F)(F)C[C@@H]2C)n1. The first-order chi connectivity index (χ1) is 20.4. The molecule has 3 aliphatic rings. The number of nitrogens with zero attached hydrogens (tertiary/aromatic N) is 7. The van der Waals surface area contributed by atoms with Crippen LogP contribution in [-0.2, 0) is 10.1 Å². The van der Waals surface area contributed by atoms with Gasteiger partial charge in [-0.2, -0.15) is 8.42 Å². The lowest BCUT2D eigenvalue weighted by atomic mass is 9.93. The first-order valence-electron chi connectivity index (χ1n) is 14.7. The Labute approximate surface area is 250 Å². The topological polar surface area (TPSA) is 127 Å². The normalized spacial score (nSPS) is 23.0. The molecule has 2 aromatic heterocycles. The molecule has 3 aromatic rings. The Morgan fingerprint density at radius 1 is 1.00 bits per heavy atom. The highest BCUT2D eigenvalue weighted by atomic mass is 32.2. The van der Waals surface area contributed by atoms with E-state index in [4.69, 9.17) is 14.3 Å². The Kier molecular flexibility index (Phi) is 7.56. The molecule has 0 amide bonds. The van der Waals surface area contributed by atoms with Crippen molar-refractivity contribution in [2.24, 2.45) is 5.41 Å². The molecule has 2 saturated heterocycles. The Bertz CT molecular complexity index is 1590. The molecule has 3 fully saturated rings. The molecule has 232 valence electrons. The smallest absolute Gasteiger partial charge is 0.311 e. The lowest BCUT2D eigenvalue weighted by Gasteiger charge is -2.42. The predicted molar refractivity (Wildman–Crippen MR) is 157 cm³/mol. The fraction of sp³-hybridized carbons (Fsp3) is 0.586. The van der Waals surface area contributed by atoms with Crippen molar-refractivity contribution >= 4 is 21.8 Å². The van der Waals surface area contributed by atoms with Crippen molar-refractivity contribution in [3.8, 4) is 22.8 Å². The Morgan fingerprint density at radius 2 is 1.70 bits per heavy atom. The van der Waals surface area contributed by atoms with Crippen molar-refractivity contribution in [2.45, 2.75) is 77.3 Å². The van der Waals surface area contributed by atoms with Crippen LogP contribution in [0.5, 0.6) is 5.75 Å². The maximum atomic E-state index is 14.2. The highest BCUT2D eigenvalue weighted by Gasteiger charge is 2.45. The molecule has 1 N–H and O–H groups in total. The van der Waals surface area contributed by atoms with E-state index in [1.807, 2.05) is 11.8 Å². The second-order valence-corrected chi connectivity index (χ2v) is 14.0. The van der Waals surface area contributed by atoms with E-state index in [-0.39, 0.29) is 18.6 Å². The summed E-state index contributed by atoms with van der Waals surface area (Å²) >= 11 is 0. The van der Waals surface area contributed by atoms with Gasteiger partial charge in [0, 0.05) is 49.8 Å². The second-order valence-electron chi connectivity index (χ2n) is 12.3. The summed E-state index contributed by atoms with van der Waals surface area (Å²) in [5, 5.41) is 17.9. The summed E-state index contributed by atoms with van der Waals surface area (Å²) in [5.74, 6) is -2.68. The molecule has 43 heavy (non-hydrogen) atoms. The van der Waals surface area contributed by atoms with E-state index in [1.165, 1.54) is 12.8 Å². The number of piperidine rings is 2. The third kappa shape index (κ3) is 6.30. The minimum absolute atomic E-state index is 0.158. The average Bonchev–Trinajstić information content (AvgIpc) is 3.47. The number of aromatic nitrogens is 5. The highest BCUT2D eigenvalue weighted by Crippen LogP contribution is 2.54. The molecule has 0 unspecified atom stereocenters. The lowest BCUT2D eigenvalue weighted by Crippen LogP contribution is -2.51. The average molecular weight is 618 g/mol. The van der Waals surface area contributed by atoms with E-state index in [0.717, 1.165) is 31.6 Å². The molecule has 1 spiro atoms. The number of hydrogen-bond donors (Lipinski definition) is 1. The summed E-state index contributed by atoms with van der Waals surface area (Å²) in [6, 6.07) is 5.91. The number of benzene rings is 1. The van der Waals surface area contributed by atoms with Gasteiger partial charge in [0.15, 0.2) is 0 Å². The number of aryl methyl sites for hydroxylation is 1. The summed E-state index contributed by atoms with van der Waals surface area (Å²) in [7, 11) is -3.95. The Balaban J connectivity index is 1.32.